The van der Waals surface area contributed by atoms with Gasteiger partial charge in [-0.1, -0.05) is 32.3 Å². The standard InChI is InChI=1S/C22H29FN4O3/c1-3-4-5-6-13-26(18-9-7-17(23)8-10-18)22(30)27-15-19(28)25(2)20(21(27)29)16-11-12-24-14-16/h7-9,11-12,14,18,20,24H,3-6,10,13,15H2,1-2H3. The maximum atomic E-state index is 13.4. The highest BCUT2D eigenvalue weighted by atomic mass is 19.1. The second-order valence-electron chi connectivity index (χ2n) is 7.76. The summed E-state index contributed by atoms with van der Waals surface area (Å²) >= 11 is 0. The van der Waals surface area contributed by atoms with Crippen LogP contribution >= 0.6 is 0 Å². The Labute approximate surface area is 176 Å². The maximum absolute atomic E-state index is 13.4. The fourth-order valence-electron chi connectivity index (χ4n) is 3.90. The molecule has 0 saturated carbocycles. The van der Waals surface area contributed by atoms with Crippen molar-refractivity contribution >= 4 is 17.8 Å². The minimum Gasteiger partial charge on any atom is -0.367 e. The van der Waals surface area contributed by atoms with Crippen LogP contribution in [0.3, 0.4) is 0 Å². The van der Waals surface area contributed by atoms with E-state index in [1.165, 1.54) is 17.1 Å². The molecule has 8 heteroatoms. The van der Waals surface area contributed by atoms with Crippen molar-refractivity contribution in [1.82, 2.24) is 19.7 Å². The molecule has 1 fully saturated rings. The van der Waals surface area contributed by atoms with Crippen molar-refractivity contribution in [2.45, 2.75) is 51.1 Å². The highest BCUT2D eigenvalue weighted by molar-refractivity contribution is 6.05. The van der Waals surface area contributed by atoms with Gasteiger partial charge in [0, 0.05) is 31.5 Å². The molecule has 0 spiro atoms. The van der Waals surface area contributed by atoms with Gasteiger partial charge >= 0.3 is 6.03 Å². The predicted molar refractivity (Wildman–Crippen MR) is 111 cm³/mol. The quantitative estimate of drug-likeness (QED) is 0.691. The molecular weight excluding hydrogens is 387 g/mol. The molecule has 1 aliphatic carbocycles. The van der Waals surface area contributed by atoms with Crippen LogP contribution in [0.25, 0.3) is 0 Å². The van der Waals surface area contributed by atoms with E-state index < -0.39 is 18.0 Å². The van der Waals surface area contributed by atoms with Crippen molar-refractivity contribution in [2.24, 2.45) is 0 Å². The molecule has 2 aliphatic rings. The number of likely N-dealkylation sites (N-methyl/N-ethyl adjacent to an activating group) is 1. The molecule has 3 rings (SSSR count). The summed E-state index contributed by atoms with van der Waals surface area (Å²) < 4.78 is 13.4. The number of unbranched alkanes of at least 4 members (excludes halogenated alkanes) is 3. The number of carbonyl (C=O) groups excluding carboxylic acids is 3. The normalized spacial score (nSPS) is 21.8. The lowest BCUT2D eigenvalue weighted by Gasteiger charge is -2.40. The van der Waals surface area contributed by atoms with E-state index >= 15 is 0 Å². The number of hydrogen-bond acceptors (Lipinski definition) is 3. The number of urea groups is 1. The van der Waals surface area contributed by atoms with Gasteiger partial charge in [0.1, 0.15) is 18.4 Å². The Morgan fingerprint density at radius 2 is 2.10 bits per heavy atom. The van der Waals surface area contributed by atoms with Crippen molar-refractivity contribution < 1.29 is 18.8 Å². The van der Waals surface area contributed by atoms with E-state index in [9.17, 15) is 18.8 Å². The Hall–Kier alpha value is -2.90. The number of nitrogens with zero attached hydrogens (tertiary/aromatic N) is 3. The second kappa shape index (κ2) is 9.73. The van der Waals surface area contributed by atoms with Crippen LogP contribution in [0.2, 0.25) is 0 Å². The van der Waals surface area contributed by atoms with Crippen LogP contribution in [0.1, 0.15) is 50.6 Å². The van der Waals surface area contributed by atoms with Gasteiger partial charge in [0.25, 0.3) is 5.91 Å². The number of carbonyl (C=O) groups is 3. The largest absolute Gasteiger partial charge is 0.367 e. The molecule has 1 aliphatic heterocycles. The number of halogens is 1. The van der Waals surface area contributed by atoms with Crippen LogP contribution in [0.15, 0.2) is 42.5 Å². The molecule has 1 N–H and O–H groups in total. The first-order valence-electron chi connectivity index (χ1n) is 10.5. The zero-order valence-corrected chi connectivity index (χ0v) is 17.5. The fraction of sp³-hybridized carbons (Fsp3) is 0.500. The molecule has 1 aromatic rings. The lowest BCUT2D eigenvalue weighted by Crippen LogP contribution is -2.59. The third kappa shape index (κ3) is 4.63. The molecule has 0 bridgehead atoms. The summed E-state index contributed by atoms with van der Waals surface area (Å²) in [6, 6.07) is 0.0404. The Morgan fingerprint density at radius 1 is 1.30 bits per heavy atom. The summed E-state index contributed by atoms with van der Waals surface area (Å²) in [4.78, 5) is 46.1. The van der Waals surface area contributed by atoms with Crippen LogP contribution in [0.4, 0.5) is 9.18 Å². The zero-order valence-electron chi connectivity index (χ0n) is 17.5. The van der Waals surface area contributed by atoms with Gasteiger partial charge in [0.2, 0.25) is 5.91 Å². The smallest absolute Gasteiger partial charge is 0.327 e. The van der Waals surface area contributed by atoms with Crippen LogP contribution < -0.4 is 0 Å². The van der Waals surface area contributed by atoms with Crippen LogP contribution in [0.5, 0.6) is 0 Å². The second-order valence-corrected chi connectivity index (χ2v) is 7.76. The molecule has 1 aromatic heterocycles. The number of allylic oxidation sites excluding steroid dienone is 2. The molecule has 7 nitrogen and oxygen atoms in total. The topological polar surface area (TPSA) is 76.7 Å². The van der Waals surface area contributed by atoms with E-state index in [-0.39, 0.29) is 24.3 Å². The predicted octanol–water partition coefficient (Wildman–Crippen LogP) is 3.54. The third-order valence-corrected chi connectivity index (χ3v) is 5.67. The summed E-state index contributed by atoms with van der Waals surface area (Å²) in [5.74, 6) is -1.06. The molecule has 2 atom stereocenters. The number of rotatable bonds is 7. The Balaban J connectivity index is 1.82. The molecule has 30 heavy (non-hydrogen) atoms. The number of amides is 4. The Morgan fingerprint density at radius 3 is 2.73 bits per heavy atom. The molecule has 162 valence electrons. The van der Waals surface area contributed by atoms with Gasteiger partial charge in [-0.15, -0.1) is 0 Å². The van der Waals surface area contributed by atoms with Crippen LogP contribution in [0, 0.1) is 0 Å². The summed E-state index contributed by atoms with van der Waals surface area (Å²) in [5, 5.41) is 0. The Bertz CT molecular complexity index is 833. The van der Waals surface area contributed by atoms with Crippen molar-refractivity contribution in [3.63, 3.8) is 0 Å². The van der Waals surface area contributed by atoms with Gasteiger partial charge in [-0.05, 0) is 31.1 Å². The number of aromatic amines is 1. The van der Waals surface area contributed by atoms with Gasteiger partial charge < -0.3 is 14.8 Å². The molecule has 1 saturated heterocycles. The Kier molecular flexibility index (Phi) is 7.07. The number of imide groups is 1. The van der Waals surface area contributed by atoms with Crippen LogP contribution in [-0.4, -0.2) is 63.7 Å². The highest BCUT2D eigenvalue weighted by Crippen LogP contribution is 2.28. The van der Waals surface area contributed by atoms with Crippen molar-refractivity contribution in [2.75, 3.05) is 20.1 Å². The maximum Gasteiger partial charge on any atom is 0.327 e. The van der Waals surface area contributed by atoms with Crippen LogP contribution in [-0.2, 0) is 9.59 Å². The first-order chi connectivity index (χ1) is 14.4. The SMILES string of the molecule is CCCCCCN(C(=O)N1CC(=O)N(C)C(c2cc[nH]c2)C1=O)C1C=CC(F)=CC1. The van der Waals surface area contributed by atoms with E-state index in [2.05, 4.69) is 11.9 Å². The molecular formula is C22H29FN4O3. The van der Waals surface area contributed by atoms with Gasteiger partial charge in [-0.25, -0.2) is 9.18 Å². The number of nitrogens with one attached hydrogen (secondary N) is 1. The number of hydrogen-bond donors (Lipinski definition) is 1. The van der Waals surface area contributed by atoms with Gasteiger partial charge in [-0.2, -0.15) is 0 Å². The average Bonchev–Trinajstić information content (AvgIpc) is 3.26. The van der Waals surface area contributed by atoms with E-state index in [0.29, 0.717) is 18.5 Å². The van der Waals surface area contributed by atoms with E-state index in [0.717, 1.165) is 30.6 Å². The minimum atomic E-state index is -0.845. The van der Waals surface area contributed by atoms with Gasteiger partial charge in [0.15, 0.2) is 0 Å². The summed E-state index contributed by atoms with van der Waals surface area (Å²) in [6.45, 7) is 2.27. The molecule has 0 radical (unpaired) electrons. The summed E-state index contributed by atoms with van der Waals surface area (Å²) in [7, 11) is 1.57. The van der Waals surface area contributed by atoms with Crippen molar-refractivity contribution in [3.8, 4) is 0 Å². The highest BCUT2D eigenvalue weighted by Gasteiger charge is 2.43. The minimum absolute atomic E-state index is 0.290. The summed E-state index contributed by atoms with van der Waals surface area (Å²) in [5.41, 5.74) is 0.630. The van der Waals surface area contributed by atoms with Crippen molar-refractivity contribution in [1.29, 1.82) is 0 Å². The van der Waals surface area contributed by atoms with Gasteiger partial charge in [0.05, 0.1) is 6.04 Å². The van der Waals surface area contributed by atoms with E-state index in [1.807, 2.05) is 0 Å². The molecule has 2 heterocycles. The first-order valence-corrected chi connectivity index (χ1v) is 10.5. The average molecular weight is 416 g/mol. The lowest BCUT2D eigenvalue weighted by molar-refractivity contribution is -0.152. The molecule has 4 amide bonds. The fourth-order valence-corrected chi connectivity index (χ4v) is 3.90. The lowest BCUT2D eigenvalue weighted by atomic mass is 10.0. The first kappa shape index (κ1) is 21.8. The number of piperazine rings is 1. The van der Waals surface area contributed by atoms with Crippen molar-refractivity contribution in [3.05, 3.63) is 48.1 Å². The number of H-pyrrole nitrogens is 1. The monoisotopic (exact) mass is 416 g/mol. The van der Waals surface area contributed by atoms with E-state index in [1.54, 1.807) is 36.5 Å². The summed E-state index contributed by atoms with van der Waals surface area (Å²) in [6.07, 6.45) is 12.0. The van der Waals surface area contributed by atoms with E-state index in [4.69, 9.17) is 0 Å². The third-order valence-electron chi connectivity index (χ3n) is 5.67. The number of aromatic nitrogens is 1. The zero-order chi connectivity index (χ0) is 21.7. The molecule has 0 aromatic carbocycles. The molecule has 2 unspecified atom stereocenters. The van der Waals surface area contributed by atoms with Gasteiger partial charge in [-0.3, -0.25) is 14.5 Å².